The lowest BCUT2D eigenvalue weighted by molar-refractivity contribution is 0.0458. The zero-order valence-corrected chi connectivity index (χ0v) is 14.8. The first kappa shape index (κ1) is 17.0. The molecule has 0 unspecified atom stereocenters. The van der Waals surface area contributed by atoms with Gasteiger partial charge in [0.1, 0.15) is 12.3 Å². The van der Waals surface area contributed by atoms with Gasteiger partial charge in [0, 0.05) is 17.0 Å². The highest BCUT2D eigenvalue weighted by atomic mass is 32.1. The summed E-state index contributed by atoms with van der Waals surface area (Å²) in [7, 11) is 3.13. The van der Waals surface area contributed by atoms with Gasteiger partial charge in [-0.1, -0.05) is 5.16 Å². The Kier molecular flexibility index (Phi) is 4.99. The van der Waals surface area contributed by atoms with Crippen LogP contribution in [0.2, 0.25) is 0 Å². The topological polar surface area (TPSA) is 83.7 Å². The van der Waals surface area contributed by atoms with E-state index in [0.717, 1.165) is 10.6 Å². The fourth-order valence-corrected chi connectivity index (χ4v) is 2.76. The smallest absolute Gasteiger partial charge is 0.358 e. The van der Waals surface area contributed by atoms with Gasteiger partial charge in [-0.3, -0.25) is 0 Å². The highest BCUT2D eigenvalue weighted by Gasteiger charge is 2.14. The molecule has 0 amide bonds. The van der Waals surface area contributed by atoms with Gasteiger partial charge in [0.05, 0.1) is 19.2 Å². The maximum Gasteiger partial charge on any atom is 0.358 e. The van der Waals surface area contributed by atoms with E-state index in [0.29, 0.717) is 28.6 Å². The Morgan fingerprint density at radius 1 is 1.20 bits per heavy atom. The van der Waals surface area contributed by atoms with E-state index in [1.807, 2.05) is 13.0 Å². The minimum Gasteiger partial charge on any atom is -0.493 e. The lowest BCUT2D eigenvalue weighted by Crippen LogP contribution is -2.05. The Balaban J connectivity index is 1.69. The molecule has 0 bridgehead atoms. The third-order valence-corrected chi connectivity index (χ3v) is 4.18. The molecule has 0 aliphatic carbocycles. The van der Waals surface area contributed by atoms with E-state index in [9.17, 15) is 4.79 Å². The number of nitrogens with zero attached hydrogens (tertiary/aromatic N) is 2. The Bertz CT molecular complexity index is 887. The summed E-state index contributed by atoms with van der Waals surface area (Å²) in [5.41, 5.74) is 1.58. The second kappa shape index (κ2) is 7.35. The lowest BCUT2D eigenvalue weighted by atomic mass is 10.1. The van der Waals surface area contributed by atoms with Crippen LogP contribution in [0.25, 0.3) is 11.3 Å². The number of thiazole rings is 1. The molecule has 2 aromatic heterocycles. The van der Waals surface area contributed by atoms with Gasteiger partial charge in [-0.2, -0.15) is 0 Å². The zero-order valence-electron chi connectivity index (χ0n) is 13.9. The number of esters is 1. The van der Waals surface area contributed by atoms with Crippen LogP contribution in [0.3, 0.4) is 0 Å². The summed E-state index contributed by atoms with van der Waals surface area (Å²) < 4.78 is 21.0. The fraction of sp³-hybridized carbons (Fsp3) is 0.235. The molecule has 3 rings (SSSR count). The van der Waals surface area contributed by atoms with Crippen molar-refractivity contribution in [2.75, 3.05) is 14.2 Å². The Morgan fingerprint density at radius 3 is 2.68 bits per heavy atom. The summed E-state index contributed by atoms with van der Waals surface area (Å²) in [5, 5.41) is 6.39. The normalized spacial score (nSPS) is 10.5. The van der Waals surface area contributed by atoms with E-state index in [-0.39, 0.29) is 6.61 Å². The highest BCUT2D eigenvalue weighted by molar-refractivity contribution is 7.09. The number of aromatic nitrogens is 2. The van der Waals surface area contributed by atoms with Crippen molar-refractivity contribution in [3.63, 3.8) is 0 Å². The Morgan fingerprint density at radius 2 is 2.00 bits per heavy atom. The molecule has 25 heavy (non-hydrogen) atoms. The maximum atomic E-state index is 11.9. The van der Waals surface area contributed by atoms with E-state index in [1.54, 1.807) is 37.8 Å². The van der Waals surface area contributed by atoms with Crippen molar-refractivity contribution >= 4 is 17.3 Å². The van der Waals surface area contributed by atoms with Crippen molar-refractivity contribution in [1.82, 2.24) is 10.1 Å². The Labute approximate surface area is 148 Å². The molecular weight excluding hydrogens is 344 g/mol. The molecule has 3 aromatic rings. The van der Waals surface area contributed by atoms with Crippen molar-refractivity contribution in [2.45, 2.75) is 13.5 Å². The lowest BCUT2D eigenvalue weighted by Gasteiger charge is -2.07. The maximum absolute atomic E-state index is 11.9. The standard InChI is InChI=1S/C17H16N2O5S/c1-10-18-13(9-25-10)17(20)23-8-12-7-15(24-19-12)11-4-5-14(21-2)16(6-11)22-3/h4-7,9H,8H2,1-3H3. The van der Waals surface area contributed by atoms with Crippen LogP contribution in [0.15, 0.2) is 34.2 Å². The first-order valence-electron chi connectivity index (χ1n) is 7.38. The van der Waals surface area contributed by atoms with E-state index < -0.39 is 5.97 Å². The Hall–Kier alpha value is -2.87. The number of carbonyl (C=O) groups excluding carboxylic acids is 1. The fourth-order valence-electron chi connectivity index (χ4n) is 2.18. The molecule has 0 spiro atoms. The van der Waals surface area contributed by atoms with Crippen molar-refractivity contribution < 1.29 is 23.5 Å². The number of aryl methyl sites for hydroxylation is 1. The van der Waals surface area contributed by atoms with Gasteiger partial charge in [0.2, 0.25) is 0 Å². The average molecular weight is 360 g/mol. The van der Waals surface area contributed by atoms with Gasteiger partial charge in [0.15, 0.2) is 23.0 Å². The van der Waals surface area contributed by atoms with Gasteiger partial charge in [-0.25, -0.2) is 9.78 Å². The second-order valence-electron chi connectivity index (χ2n) is 5.08. The summed E-state index contributed by atoms with van der Waals surface area (Å²) >= 11 is 1.39. The highest BCUT2D eigenvalue weighted by Crippen LogP contribution is 2.32. The number of rotatable bonds is 6. The molecule has 1 aromatic carbocycles. The molecule has 8 heteroatoms. The monoisotopic (exact) mass is 360 g/mol. The molecule has 0 radical (unpaired) electrons. The average Bonchev–Trinajstić information content (AvgIpc) is 3.28. The quantitative estimate of drug-likeness (QED) is 0.622. The van der Waals surface area contributed by atoms with Gasteiger partial charge in [-0.15, -0.1) is 11.3 Å². The molecule has 0 aliphatic heterocycles. The largest absolute Gasteiger partial charge is 0.493 e. The summed E-state index contributed by atoms with van der Waals surface area (Å²) in [6.07, 6.45) is 0. The van der Waals surface area contributed by atoms with Crippen molar-refractivity contribution in [2.24, 2.45) is 0 Å². The van der Waals surface area contributed by atoms with Gasteiger partial charge in [-0.05, 0) is 25.1 Å². The minimum absolute atomic E-state index is 0.00615. The third kappa shape index (κ3) is 3.80. The molecule has 0 saturated heterocycles. The third-order valence-electron chi connectivity index (χ3n) is 3.41. The molecule has 0 N–H and O–H groups in total. The number of ether oxygens (including phenoxy) is 3. The summed E-state index contributed by atoms with van der Waals surface area (Å²) in [4.78, 5) is 16.0. The zero-order chi connectivity index (χ0) is 17.8. The summed E-state index contributed by atoms with van der Waals surface area (Å²) in [5.74, 6) is 1.26. The molecule has 2 heterocycles. The van der Waals surface area contributed by atoms with Crippen LogP contribution in [-0.4, -0.2) is 30.3 Å². The summed E-state index contributed by atoms with van der Waals surface area (Å²) in [6, 6.07) is 7.10. The van der Waals surface area contributed by atoms with E-state index in [1.165, 1.54) is 11.3 Å². The van der Waals surface area contributed by atoms with Crippen LogP contribution < -0.4 is 9.47 Å². The van der Waals surface area contributed by atoms with Crippen molar-refractivity contribution in [3.8, 4) is 22.8 Å². The number of carbonyl (C=O) groups is 1. The van der Waals surface area contributed by atoms with E-state index in [2.05, 4.69) is 10.1 Å². The van der Waals surface area contributed by atoms with Gasteiger partial charge in [0.25, 0.3) is 0 Å². The number of hydrogen-bond acceptors (Lipinski definition) is 8. The van der Waals surface area contributed by atoms with Crippen molar-refractivity contribution in [1.29, 1.82) is 0 Å². The second-order valence-corrected chi connectivity index (χ2v) is 6.14. The molecule has 0 aliphatic rings. The van der Waals surface area contributed by atoms with Crippen molar-refractivity contribution in [3.05, 3.63) is 46.0 Å². The predicted octanol–water partition coefficient (Wildman–Crippen LogP) is 3.48. The van der Waals surface area contributed by atoms with Crippen LogP contribution in [0.4, 0.5) is 0 Å². The molecule has 130 valence electrons. The summed E-state index contributed by atoms with van der Waals surface area (Å²) in [6.45, 7) is 1.83. The molecule has 7 nitrogen and oxygen atoms in total. The number of methoxy groups -OCH3 is 2. The van der Waals surface area contributed by atoms with Crippen LogP contribution in [-0.2, 0) is 11.3 Å². The molecule has 0 saturated carbocycles. The molecule has 0 atom stereocenters. The van der Waals surface area contributed by atoms with Gasteiger partial charge < -0.3 is 18.7 Å². The van der Waals surface area contributed by atoms with Crippen LogP contribution in [0.1, 0.15) is 21.2 Å². The van der Waals surface area contributed by atoms with E-state index in [4.69, 9.17) is 18.7 Å². The number of hydrogen-bond donors (Lipinski definition) is 0. The first-order chi connectivity index (χ1) is 12.1. The SMILES string of the molecule is COc1ccc(-c2cc(COC(=O)c3csc(C)n3)no2)cc1OC. The van der Waals surface area contributed by atoms with Crippen LogP contribution >= 0.6 is 11.3 Å². The molecular formula is C17H16N2O5S. The van der Waals surface area contributed by atoms with Crippen LogP contribution in [0, 0.1) is 6.92 Å². The predicted molar refractivity (Wildman–Crippen MR) is 91.0 cm³/mol. The minimum atomic E-state index is -0.486. The van der Waals surface area contributed by atoms with E-state index >= 15 is 0 Å². The first-order valence-corrected chi connectivity index (χ1v) is 8.26. The van der Waals surface area contributed by atoms with Crippen LogP contribution in [0.5, 0.6) is 11.5 Å². The van der Waals surface area contributed by atoms with Gasteiger partial charge >= 0.3 is 5.97 Å². The molecule has 0 fully saturated rings. The number of benzene rings is 1.